The lowest BCUT2D eigenvalue weighted by Gasteiger charge is -2.08. The number of hydrogen-bond donors (Lipinski definition) is 1. The molecule has 1 amide bonds. The zero-order valence-corrected chi connectivity index (χ0v) is 12.5. The van der Waals surface area contributed by atoms with Crippen molar-refractivity contribution < 1.29 is 17.9 Å². The Hall–Kier alpha value is -2.34. The first-order valence-electron chi connectivity index (χ1n) is 6.15. The average Bonchev–Trinajstić information content (AvgIpc) is 2.46. The summed E-state index contributed by atoms with van der Waals surface area (Å²) >= 11 is 0. The van der Waals surface area contributed by atoms with Gasteiger partial charge in [-0.25, -0.2) is 8.42 Å². The van der Waals surface area contributed by atoms with Crippen molar-refractivity contribution in [1.82, 2.24) is 0 Å². The first-order chi connectivity index (χ1) is 9.90. The Morgan fingerprint density at radius 1 is 1.10 bits per heavy atom. The Morgan fingerprint density at radius 2 is 1.81 bits per heavy atom. The minimum atomic E-state index is -3.31. The Morgan fingerprint density at radius 3 is 2.48 bits per heavy atom. The highest BCUT2D eigenvalue weighted by atomic mass is 32.2. The first kappa shape index (κ1) is 15.1. The maximum Gasteiger partial charge on any atom is 0.255 e. The van der Waals surface area contributed by atoms with Crippen LogP contribution in [0.2, 0.25) is 0 Å². The molecule has 0 saturated heterocycles. The van der Waals surface area contributed by atoms with E-state index >= 15 is 0 Å². The van der Waals surface area contributed by atoms with Crippen molar-refractivity contribution in [3.63, 3.8) is 0 Å². The molecule has 0 aromatic heterocycles. The minimum Gasteiger partial charge on any atom is -0.497 e. The summed E-state index contributed by atoms with van der Waals surface area (Å²) in [7, 11) is -1.79. The Labute approximate surface area is 123 Å². The van der Waals surface area contributed by atoms with Gasteiger partial charge in [0.2, 0.25) is 0 Å². The summed E-state index contributed by atoms with van der Waals surface area (Å²) in [4.78, 5) is 12.3. The molecule has 21 heavy (non-hydrogen) atoms. The van der Waals surface area contributed by atoms with Crippen LogP contribution in [0.1, 0.15) is 10.4 Å². The highest BCUT2D eigenvalue weighted by Gasteiger charge is 2.10. The van der Waals surface area contributed by atoms with E-state index < -0.39 is 9.84 Å². The second-order valence-corrected chi connectivity index (χ2v) is 6.50. The van der Waals surface area contributed by atoms with E-state index in [0.717, 1.165) is 6.26 Å². The van der Waals surface area contributed by atoms with Gasteiger partial charge in [-0.15, -0.1) is 0 Å². The lowest BCUT2D eigenvalue weighted by atomic mass is 10.2. The van der Waals surface area contributed by atoms with Crippen LogP contribution in [0.3, 0.4) is 0 Å². The van der Waals surface area contributed by atoms with Crippen molar-refractivity contribution in [3.8, 4) is 5.75 Å². The van der Waals surface area contributed by atoms with Crippen LogP contribution < -0.4 is 10.1 Å². The third kappa shape index (κ3) is 3.82. The number of sulfone groups is 1. The molecule has 0 aliphatic rings. The number of hydrogen-bond acceptors (Lipinski definition) is 4. The molecule has 110 valence electrons. The van der Waals surface area contributed by atoms with Gasteiger partial charge < -0.3 is 10.1 Å². The van der Waals surface area contributed by atoms with Gasteiger partial charge in [0, 0.05) is 17.5 Å². The summed E-state index contributed by atoms with van der Waals surface area (Å²) < 4.78 is 28.0. The summed E-state index contributed by atoms with van der Waals surface area (Å²) in [5, 5.41) is 2.66. The van der Waals surface area contributed by atoms with E-state index in [9.17, 15) is 13.2 Å². The van der Waals surface area contributed by atoms with Gasteiger partial charge in [-0.05, 0) is 36.4 Å². The van der Waals surface area contributed by atoms with Crippen molar-refractivity contribution in [3.05, 3.63) is 54.1 Å². The number of ether oxygens (including phenoxy) is 1. The fraction of sp³-hybridized carbons (Fsp3) is 0.133. The van der Waals surface area contributed by atoms with Gasteiger partial charge in [0.05, 0.1) is 12.0 Å². The van der Waals surface area contributed by atoms with E-state index in [0.29, 0.717) is 17.0 Å². The van der Waals surface area contributed by atoms with Crippen LogP contribution in [-0.4, -0.2) is 27.7 Å². The summed E-state index contributed by atoms with van der Waals surface area (Å²) in [6.45, 7) is 0. The molecule has 5 nitrogen and oxygen atoms in total. The van der Waals surface area contributed by atoms with Gasteiger partial charge in [-0.2, -0.15) is 0 Å². The third-order valence-electron chi connectivity index (χ3n) is 2.85. The number of carbonyl (C=O) groups is 1. The van der Waals surface area contributed by atoms with Gasteiger partial charge in [0.25, 0.3) is 5.91 Å². The SMILES string of the molecule is COc1cccc(C(=O)Nc2cccc(S(C)(=O)=O)c2)c1. The Bertz CT molecular complexity index is 769. The smallest absolute Gasteiger partial charge is 0.255 e. The lowest BCUT2D eigenvalue weighted by molar-refractivity contribution is 0.102. The van der Waals surface area contributed by atoms with Gasteiger partial charge in [-0.3, -0.25) is 4.79 Å². The molecule has 1 N–H and O–H groups in total. The van der Waals surface area contributed by atoms with E-state index in [1.54, 1.807) is 36.4 Å². The summed E-state index contributed by atoms with van der Waals surface area (Å²) in [6.07, 6.45) is 1.12. The number of nitrogens with one attached hydrogen (secondary N) is 1. The van der Waals surface area contributed by atoms with Crippen LogP contribution in [-0.2, 0) is 9.84 Å². The zero-order valence-electron chi connectivity index (χ0n) is 11.7. The molecular formula is C15H15NO4S. The van der Waals surface area contributed by atoms with E-state index in [1.807, 2.05) is 0 Å². The average molecular weight is 305 g/mol. The van der Waals surface area contributed by atoms with Gasteiger partial charge >= 0.3 is 0 Å². The molecule has 0 aliphatic carbocycles. The topological polar surface area (TPSA) is 72.5 Å². The monoisotopic (exact) mass is 305 g/mol. The number of anilines is 1. The predicted molar refractivity (Wildman–Crippen MR) is 80.5 cm³/mol. The molecule has 0 saturated carbocycles. The first-order valence-corrected chi connectivity index (χ1v) is 8.05. The number of carbonyl (C=O) groups excluding carboxylic acids is 1. The maximum absolute atomic E-state index is 12.1. The van der Waals surface area contributed by atoms with Gasteiger partial charge in [-0.1, -0.05) is 12.1 Å². The molecular weight excluding hydrogens is 290 g/mol. The Balaban J connectivity index is 2.23. The quantitative estimate of drug-likeness (QED) is 0.941. The molecule has 0 spiro atoms. The fourth-order valence-electron chi connectivity index (χ4n) is 1.77. The highest BCUT2D eigenvalue weighted by Crippen LogP contribution is 2.18. The molecule has 0 heterocycles. The maximum atomic E-state index is 12.1. The zero-order chi connectivity index (χ0) is 15.5. The second kappa shape index (κ2) is 5.97. The number of amides is 1. The van der Waals surface area contributed by atoms with Crippen LogP contribution in [0.4, 0.5) is 5.69 Å². The standard InChI is InChI=1S/C15H15NO4S/c1-20-13-7-3-5-11(9-13)15(17)16-12-6-4-8-14(10-12)21(2,18)19/h3-10H,1-2H3,(H,16,17). The molecule has 0 radical (unpaired) electrons. The van der Waals surface area contributed by atoms with Crippen molar-refractivity contribution in [2.75, 3.05) is 18.7 Å². The van der Waals surface area contributed by atoms with Crippen LogP contribution in [0.5, 0.6) is 5.75 Å². The van der Waals surface area contributed by atoms with Crippen molar-refractivity contribution in [1.29, 1.82) is 0 Å². The fourth-order valence-corrected chi connectivity index (χ4v) is 2.44. The summed E-state index contributed by atoms with van der Waals surface area (Å²) in [5.74, 6) is 0.243. The van der Waals surface area contributed by atoms with Gasteiger partial charge in [0.15, 0.2) is 9.84 Å². The number of rotatable bonds is 4. The number of benzene rings is 2. The normalized spacial score (nSPS) is 11.0. The van der Waals surface area contributed by atoms with E-state index in [-0.39, 0.29) is 10.8 Å². The molecule has 0 atom stereocenters. The third-order valence-corrected chi connectivity index (χ3v) is 3.96. The van der Waals surface area contributed by atoms with Crippen LogP contribution >= 0.6 is 0 Å². The molecule has 2 rings (SSSR count). The second-order valence-electron chi connectivity index (χ2n) is 4.49. The minimum absolute atomic E-state index is 0.158. The summed E-state index contributed by atoms with van der Waals surface area (Å²) in [5.41, 5.74) is 0.852. The molecule has 0 aliphatic heterocycles. The van der Waals surface area contributed by atoms with E-state index in [2.05, 4.69) is 5.32 Å². The predicted octanol–water partition coefficient (Wildman–Crippen LogP) is 2.35. The van der Waals surface area contributed by atoms with Crippen LogP contribution in [0, 0.1) is 0 Å². The molecule has 2 aromatic carbocycles. The Kier molecular flexibility index (Phi) is 4.28. The van der Waals surface area contributed by atoms with E-state index in [1.165, 1.54) is 19.2 Å². The molecule has 0 unspecified atom stereocenters. The number of methoxy groups -OCH3 is 1. The highest BCUT2D eigenvalue weighted by molar-refractivity contribution is 7.90. The lowest BCUT2D eigenvalue weighted by Crippen LogP contribution is -2.12. The van der Waals surface area contributed by atoms with Crippen molar-refractivity contribution in [2.24, 2.45) is 0 Å². The molecule has 6 heteroatoms. The van der Waals surface area contributed by atoms with Crippen molar-refractivity contribution in [2.45, 2.75) is 4.90 Å². The largest absolute Gasteiger partial charge is 0.497 e. The van der Waals surface area contributed by atoms with Crippen LogP contribution in [0.15, 0.2) is 53.4 Å². The van der Waals surface area contributed by atoms with Crippen LogP contribution in [0.25, 0.3) is 0 Å². The van der Waals surface area contributed by atoms with E-state index in [4.69, 9.17) is 4.74 Å². The van der Waals surface area contributed by atoms with Gasteiger partial charge in [0.1, 0.15) is 5.75 Å². The van der Waals surface area contributed by atoms with Crippen molar-refractivity contribution >= 4 is 21.4 Å². The molecule has 0 fully saturated rings. The molecule has 0 bridgehead atoms. The summed E-state index contributed by atoms with van der Waals surface area (Å²) in [6, 6.07) is 12.8. The molecule has 2 aromatic rings.